The van der Waals surface area contributed by atoms with E-state index in [0.29, 0.717) is 0 Å². The highest BCUT2D eigenvalue weighted by Gasteiger charge is 2.51. The fourth-order valence-electron chi connectivity index (χ4n) is 2.21. The Labute approximate surface area is 112 Å². The summed E-state index contributed by atoms with van der Waals surface area (Å²) in [4.78, 5) is 0. The molecule has 1 fully saturated rings. The molecule has 0 atom stereocenters. The molecule has 0 aromatic carbocycles. The van der Waals surface area contributed by atoms with E-state index in [0.717, 1.165) is 11.0 Å². The second-order valence-corrected chi connectivity index (χ2v) is 6.04. The van der Waals surface area contributed by atoms with Crippen LogP contribution in [0.15, 0.2) is 30.6 Å². The molecule has 2 aromatic rings. The van der Waals surface area contributed by atoms with E-state index < -0.39 is 7.12 Å². The van der Waals surface area contributed by atoms with Gasteiger partial charge in [0, 0.05) is 23.4 Å². The minimum atomic E-state index is -0.409. The number of fused-ring (bicyclic) bond motifs is 1. The first-order valence-electron chi connectivity index (χ1n) is 6.41. The Morgan fingerprint density at radius 3 is 2.37 bits per heavy atom. The van der Waals surface area contributed by atoms with Gasteiger partial charge in [-0.1, -0.05) is 0 Å². The van der Waals surface area contributed by atoms with Crippen LogP contribution in [0.4, 0.5) is 4.39 Å². The van der Waals surface area contributed by atoms with Gasteiger partial charge in [0.1, 0.15) is 5.82 Å². The highest BCUT2D eigenvalue weighted by atomic mass is 19.1. The van der Waals surface area contributed by atoms with Gasteiger partial charge in [0.05, 0.1) is 11.2 Å². The molecule has 5 heteroatoms. The molecule has 0 bridgehead atoms. The van der Waals surface area contributed by atoms with E-state index in [2.05, 4.69) is 0 Å². The molecule has 0 unspecified atom stereocenters. The Morgan fingerprint density at radius 2 is 1.74 bits per heavy atom. The van der Waals surface area contributed by atoms with E-state index in [1.54, 1.807) is 6.20 Å². The lowest BCUT2D eigenvalue weighted by molar-refractivity contribution is 0.00578. The molecule has 1 aliphatic heterocycles. The van der Waals surface area contributed by atoms with E-state index in [1.165, 1.54) is 12.1 Å². The monoisotopic (exact) mass is 261 g/mol. The van der Waals surface area contributed by atoms with Crippen LogP contribution >= 0.6 is 0 Å². The summed E-state index contributed by atoms with van der Waals surface area (Å²) in [6, 6.07) is 4.82. The molecule has 19 heavy (non-hydrogen) atoms. The molecule has 100 valence electrons. The van der Waals surface area contributed by atoms with Crippen LogP contribution in [-0.4, -0.2) is 22.7 Å². The van der Waals surface area contributed by atoms with Crippen molar-refractivity contribution in [2.75, 3.05) is 0 Å². The zero-order chi connectivity index (χ0) is 13.8. The molecular weight excluding hydrogens is 244 g/mol. The maximum absolute atomic E-state index is 13.2. The van der Waals surface area contributed by atoms with Crippen LogP contribution in [0.2, 0.25) is 0 Å². The van der Waals surface area contributed by atoms with Gasteiger partial charge >= 0.3 is 7.12 Å². The Morgan fingerprint density at radius 1 is 1.11 bits per heavy atom. The molecule has 3 nitrogen and oxygen atoms in total. The van der Waals surface area contributed by atoms with Crippen molar-refractivity contribution in [3.05, 3.63) is 36.4 Å². The smallest absolute Gasteiger partial charge is 0.399 e. The minimum Gasteiger partial charge on any atom is -0.399 e. The second kappa shape index (κ2) is 3.84. The maximum atomic E-state index is 13.2. The summed E-state index contributed by atoms with van der Waals surface area (Å²) in [5.41, 5.74) is 0.975. The largest absolute Gasteiger partial charge is 0.496 e. The van der Waals surface area contributed by atoms with Crippen LogP contribution in [0.1, 0.15) is 27.7 Å². The van der Waals surface area contributed by atoms with Crippen molar-refractivity contribution in [3.63, 3.8) is 0 Å². The van der Waals surface area contributed by atoms with Gasteiger partial charge < -0.3 is 13.7 Å². The summed E-state index contributed by atoms with van der Waals surface area (Å²) in [6.45, 7) is 8.07. The van der Waals surface area contributed by atoms with Crippen LogP contribution < -0.4 is 5.46 Å². The lowest BCUT2D eigenvalue weighted by Gasteiger charge is -2.32. The molecule has 1 aliphatic rings. The summed E-state index contributed by atoms with van der Waals surface area (Å²) in [6.07, 6.45) is 3.61. The third-order valence-electron chi connectivity index (χ3n) is 4.11. The van der Waals surface area contributed by atoms with E-state index in [9.17, 15) is 4.39 Å². The average molecular weight is 261 g/mol. The van der Waals surface area contributed by atoms with Gasteiger partial charge in [-0.05, 0) is 45.9 Å². The quantitative estimate of drug-likeness (QED) is 0.735. The molecule has 0 spiro atoms. The zero-order valence-corrected chi connectivity index (χ0v) is 11.6. The molecule has 2 aromatic heterocycles. The fraction of sp³-hybridized carbons (Fsp3) is 0.429. The highest BCUT2D eigenvalue weighted by Crippen LogP contribution is 2.36. The molecular formula is C14H17BFNO2. The van der Waals surface area contributed by atoms with Crippen molar-refractivity contribution in [1.29, 1.82) is 0 Å². The Hall–Kier alpha value is -1.33. The van der Waals surface area contributed by atoms with Crippen LogP contribution in [0, 0.1) is 5.82 Å². The number of rotatable bonds is 1. The van der Waals surface area contributed by atoms with Crippen LogP contribution in [0.3, 0.4) is 0 Å². The van der Waals surface area contributed by atoms with Gasteiger partial charge in [-0.25, -0.2) is 4.39 Å². The number of hydrogen-bond acceptors (Lipinski definition) is 2. The first kappa shape index (κ1) is 12.7. The Kier molecular flexibility index (Phi) is 2.56. The molecule has 0 radical (unpaired) electrons. The van der Waals surface area contributed by atoms with Crippen molar-refractivity contribution in [2.45, 2.75) is 38.9 Å². The summed E-state index contributed by atoms with van der Waals surface area (Å²) in [7, 11) is -0.409. The fourth-order valence-corrected chi connectivity index (χ4v) is 2.21. The molecule has 3 rings (SSSR count). The third-order valence-corrected chi connectivity index (χ3v) is 4.11. The molecule has 0 aliphatic carbocycles. The van der Waals surface area contributed by atoms with Crippen molar-refractivity contribution in [2.24, 2.45) is 0 Å². The van der Waals surface area contributed by atoms with Gasteiger partial charge in [-0.15, -0.1) is 0 Å². The van der Waals surface area contributed by atoms with Gasteiger partial charge in [-0.3, -0.25) is 0 Å². The second-order valence-electron chi connectivity index (χ2n) is 6.04. The zero-order valence-electron chi connectivity index (χ0n) is 11.6. The van der Waals surface area contributed by atoms with Crippen LogP contribution in [0.5, 0.6) is 0 Å². The summed E-state index contributed by atoms with van der Waals surface area (Å²) < 4.78 is 27.0. The Bertz CT molecular complexity index is 619. The highest BCUT2D eigenvalue weighted by molar-refractivity contribution is 6.62. The summed E-state index contributed by atoms with van der Waals surface area (Å²) in [5, 5.41) is 0. The van der Waals surface area contributed by atoms with Crippen molar-refractivity contribution in [1.82, 2.24) is 4.40 Å². The first-order valence-corrected chi connectivity index (χ1v) is 6.41. The van der Waals surface area contributed by atoms with Gasteiger partial charge in [-0.2, -0.15) is 0 Å². The van der Waals surface area contributed by atoms with Crippen molar-refractivity contribution in [3.8, 4) is 0 Å². The normalized spacial score (nSPS) is 21.2. The lowest BCUT2D eigenvalue weighted by Crippen LogP contribution is -2.41. The Balaban J connectivity index is 1.98. The van der Waals surface area contributed by atoms with Gasteiger partial charge in [0.2, 0.25) is 0 Å². The molecule has 0 amide bonds. The lowest BCUT2D eigenvalue weighted by atomic mass is 9.81. The van der Waals surface area contributed by atoms with E-state index in [1.807, 2.05) is 44.4 Å². The average Bonchev–Trinajstić information content (AvgIpc) is 2.78. The predicted molar refractivity (Wildman–Crippen MR) is 73.1 cm³/mol. The minimum absolute atomic E-state index is 0.244. The predicted octanol–water partition coefficient (Wildman–Crippen LogP) is 2.38. The first-order chi connectivity index (χ1) is 8.78. The number of pyridine rings is 1. The van der Waals surface area contributed by atoms with Crippen LogP contribution in [-0.2, 0) is 9.31 Å². The number of nitrogens with zero attached hydrogens (tertiary/aromatic N) is 1. The molecule has 3 heterocycles. The van der Waals surface area contributed by atoms with Crippen molar-refractivity contribution >= 4 is 18.1 Å². The van der Waals surface area contributed by atoms with Gasteiger partial charge in [0.25, 0.3) is 0 Å². The van der Waals surface area contributed by atoms with Gasteiger partial charge in [0.15, 0.2) is 0 Å². The summed E-state index contributed by atoms with van der Waals surface area (Å²) in [5.74, 6) is -0.244. The van der Waals surface area contributed by atoms with E-state index >= 15 is 0 Å². The SMILES string of the molecule is CC1(C)OB(c2cc3cc(F)ccn3c2)OC1(C)C. The standard InChI is InChI=1S/C14H17BFNO2/c1-13(2)14(3,4)19-15(18-13)10-7-12-8-11(16)5-6-17(12)9-10/h5-9H,1-4H3. The van der Waals surface area contributed by atoms with Crippen molar-refractivity contribution < 1.29 is 13.7 Å². The third kappa shape index (κ3) is 1.97. The number of hydrogen-bond donors (Lipinski definition) is 0. The molecule has 1 saturated heterocycles. The van der Waals surface area contributed by atoms with E-state index in [4.69, 9.17) is 9.31 Å². The summed E-state index contributed by atoms with van der Waals surface area (Å²) >= 11 is 0. The maximum Gasteiger partial charge on any atom is 0.496 e. The topological polar surface area (TPSA) is 22.9 Å². The number of halogens is 1. The van der Waals surface area contributed by atoms with Crippen LogP contribution in [0.25, 0.3) is 5.52 Å². The molecule has 0 saturated carbocycles. The number of aromatic nitrogens is 1. The van der Waals surface area contributed by atoms with E-state index in [-0.39, 0.29) is 17.0 Å². The molecule has 0 N–H and O–H groups in total.